The molecular formula is C17H14FN5O2. The summed E-state index contributed by atoms with van der Waals surface area (Å²) in [5.74, 6) is -1.71. The lowest BCUT2D eigenvalue weighted by atomic mass is 10.2. The Bertz CT molecular complexity index is 896. The number of hydrogen-bond donors (Lipinski definition) is 2. The average molecular weight is 339 g/mol. The molecule has 126 valence electrons. The molecule has 0 atom stereocenters. The van der Waals surface area contributed by atoms with E-state index >= 15 is 0 Å². The van der Waals surface area contributed by atoms with Gasteiger partial charge in [-0.2, -0.15) is 0 Å². The predicted octanol–water partition coefficient (Wildman–Crippen LogP) is 1.77. The van der Waals surface area contributed by atoms with E-state index in [-0.39, 0.29) is 12.1 Å². The van der Waals surface area contributed by atoms with Crippen molar-refractivity contribution in [1.82, 2.24) is 20.1 Å². The van der Waals surface area contributed by atoms with Gasteiger partial charge < -0.3 is 10.6 Å². The summed E-state index contributed by atoms with van der Waals surface area (Å²) in [4.78, 5) is 23.9. The molecule has 0 fully saturated rings. The van der Waals surface area contributed by atoms with Crippen LogP contribution in [0.25, 0.3) is 5.69 Å². The van der Waals surface area contributed by atoms with E-state index in [9.17, 15) is 14.0 Å². The number of nitrogens with one attached hydrogen (secondary N) is 2. The maximum absolute atomic E-state index is 13.5. The third-order valence-electron chi connectivity index (χ3n) is 3.37. The molecule has 7 nitrogen and oxygen atoms in total. The molecule has 0 aliphatic heterocycles. The molecule has 3 aromatic rings. The molecule has 8 heteroatoms. The number of halogens is 1. The average Bonchev–Trinajstić information content (AvgIpc) is 3.15. The lowest BCUT2D eigenvalue weighted by Gasteiger charge is -2.09. The molecular weight excluding hydrogens is 325 g/mol. The van der Waals surface area contributed by atoms with Crippen LogP contribution < -0.4 is 10.6 Å². The van der Waals surface area contributed by atoms with E-state index in [1.54, 1.807) is 28.8 Å². The highest BCUT2D eigenvalue weighted by Crippen LogP contribution is 2.13. The number of amides is 2. The monoisotopic (exact) mass is 339 g/mol. The molecule has 3 rings (SSSR count). The highest BCUT2D eigenvalue weighted by molar-refractivity contribution is 5.99. The van der Waals surface area contributed by atoms with Crippen molar-refractivity contribution in [1.29, 1.82) is 0 Å². The molecule has 0 saturated heterocycles. The summed E-state index contributed by atoms with van der Waals surface area (Å²) >= 11 is 0. The van der Waals surface area contributed by atoms with Crippen molar-refractivity contribution in [3.05, 3.63) is 72.6 Å². The molecule has 2 aromatic carbocycles. The van der Waals surface area contributed by atoms with Crippen molar-refractivity contribution >= 4 is 17.5 Å². The van der Waals surface area contributed by atoms with Crippen molar-refractivity contribution in [3.8, 4) is 5.69 Å². The lowest BCUT2D eigenvalue weighted by Crippen LogP contribution is -2.33. The first kappa shape index (κ1) is 16.3. The molecule has 0 radical (unpaired) electrons. The minimum Gasteiger partial charge on any atom is -0.343 e. The number of anilines is 1. The summed E-state index contributed by atoms with van der Waals surface area (Å²) in [6, 6.07) is 12.6. The van der Waals surface area contributed by atoms with Gasteiger partial charge in [0.1, 0.15) is 18.5 Å². The summed E-state index contributed by atoms with van der Waals surface area (Å²) < 4.78 is 15.2. The molecule has 0 bridgehead atoms. The molecule has 1 aromatic heterocycles. The fourth-order valence-corrected chi connectivity index (χ4v) is 2.18. The van der Waals surface area contributed by atoms with Crippen LogP contribution in [0.2, 0.25) is 0 Å². The molecule has 2 N–H and O–H groups in total. The molecule has 0 aliphatic carbocycles. The number of hydrogen-bond acceptors (Lipinski definition) is 4. The molecule has 25 heavy (non-hydrogen) atoms. The number of nitrogens with zero attached hydrogens (tertiary/aromatic N) is 3. The fourth-order valence-electron chi connectivity index (χ4n) is 2.18. The van der Waals surface area contributed by atoms with Gasteiger partial charge in [0.25, 0.3) is 5.91 Å². The maximum Gasteiger partial charge on any atom is 0.254 e. The van der Waals surface area contributed by atoms with E-state index in [0.717, 1.165) is 5.69 Å². The van der Waals surface area contributed by atoms with Gasteiger partial charge in [-0.05, 0) is 30.3 Å². The molecule has 0 saturated carbocycles. The molecule has 0 aliphatic rings. The second-order valence-corrected chi connectivity index (χ2v) is 5.13. The largest absolute Gasteiger partial charge is 0.343 e. The number of rotatable bonds is 5. The van der Waals surface area contributed by atoms with E-state index in [4.69, 9.17) is 0 Å². The van der Waals surface area contributed by atoms with E-state index in [2.05, 4.69) is 20.8 Å². The van der Waals surface area contributed by atoms with Gasteiger partial charge in [0, 0.05) is 5.69 Å². The third-order valence-corrected chi connectivity index (χ3v) is 3.37. The van der Waals surface area contributed by atoms with Crippen molar-refractivity contribution in [2.45, 2.75) is 0 Å². The van der Waals surface area contributed by atoms with E-state index in [1.165, 1.54) is 30.9 Å². The molecule has 1 heterocycles. The Balaban J connectivity index is 1.59. The zero-order valence-electron chi connectivity index (χ0n) is 13.0. The highest BCUT2D eigenvalue weighted by Gasteiger charge is 2.12. The van der Waals surface area contributed by atoms with Crippen LogP contribution >= 0.6 is 0 Å². The van der Waals surface area contributed by atoms with Gasteiger partial charge in [0.05, 0.1) is 17.8 Å². The summed E-state index contributed by atoms with van der Waals surface area (Å²) in [5, 5.41) is 12.5. The van der Waals surface area contributed by atoms with E-state index in [0.29, 0.717) is 5.69 Å². The first-order chi connectivity index (χ1) is 12.1. The SMILES string of the molecule is O=C(CNC(=O)c1ccccc1F)Nc1cccc(-n2cnnc2)c1. The fraction of sp³-hybridized carbons (Fsp3) is 0.0588. The second-order valence-electron chi connectivity index (χ2n) is 5.13. The van der Waals surface area contributed by atoms with Crippen LogP contribution in [0.1, 0.15) is 10.4 Å². The van der Waals surface area contributed by atoms with Crippen LogP contribution in [-0.4, -0.2) is 33.1 Å². The van der Waals surface area contributed by atoms with Gasteiger partial charge in [0.2, 0.25) is 5.91 Å². The smallest absolute Gasteiger partial charge is 0.254 e. The van der Waals surface area contributed by atoms with Crippen LogP contribution in [0.4, 0.5) is 10.1 Å². The zero-order chi connectivity index (χ0) is 17.6. The van der Waals surface area contributed by atoms with Crippen molar-refractivity contribution in [2.75, 3.05) is 11.9 Å². The molecule has 0 spiro atoms. The Kier molecular flexibility index (Phi) is 4.79. The van der Waals surface area contributed by atoms with Crippen molar-refractivity contribution < 1.29 is 14.0 Å². The van der Waals surface area contributed by atoms with Crippen LogP contribution in [0.15, 0.2) is 61.2 Å². The van der Waals surface area contributed by atoms with Crippen molar-refractivity contribution in [2.24, 2.45) is 0 Å². The van der Waals surface area contributed by atoms with Crippen molar-refractivity contribution in [3.63, 3.8) is 0 Å². The normalized spacial score (nSPS) is 10.3. The number of carbonyl (C=O) groups is 2. The van der Waals surface area contributed by atoms with E-state index < -0.39 is 17.6 Å². The summed E-state index contributed by atoms with van der Waals surface area (Å²) in [7, 11) is 0. The van der Waals surface area contributed by atoms with E-state index in [1.807, 2.05) is 6.07 Å². The second kappa shape index (κ2) is 7.35. The van der Waals surface area contributed by atoms with Gasteiger partial charge in [-0.3, -0.25) is 14.2 Å². The topological polar surface area (TPSA) is 88.9 Å². The third kappa shape index (κ3) is 4.05. The molecule has 2 amide bonds. The Labute approximate surface area is 142 Å². The minimum absolute atomic E-state index is 0.107. The van der Waals surface area contributed by atoms with Crippen LogP contribution in [0, 0.1) is 5.82 Å². The van der Waals surface area contributed by atoms with Gasteiger partial charge >= 0.3 is 0 Å². The van der Waals surface area contributed by atoms with Gasteiger partial charge in [-0.1, -0.05) is 18.2 Å². The number of benzene rings is 2. The van der Waals surface area contributed by atoms with Crippen LogP contribution in [0.3, 0.4) is 0 Å². The minimum atomic E-state index is -0.647. The Morgan fingerprint density at radius 3 is 2.56 bits per heavy atom. The van der Waals surface area contributed by atoms with Gasteiger partial charge in [-0.15, -0.1) is 10.2 Å². The van der Waals surface area contributed by atoms with Crippen LogP contribution in [0.5, 0.6) is 0 Å². The standard InChI is InChI=1S/C17H14FN5O2/c18-15-7-2-1-6-14(15)17(25)19-9-16(24)22-12-4-3-5-13(8-12)23-10-20-21-11-23/h1-8,10-11H,9H2,(H,19,25)(H,22,24). The predicted molar refractivity (Wildman–Crippen MR) is 88.7 cm³/mol. The Hall–Kier alpha value is -3.55. The van der Waals surface area contributed by atoms with Gasteiger partial charge in [-0.25, -0.2) is 4.39 Å². The summed E-state index contributed by atoms with van der Waals surface area (Å²) in [6.45, 7) is -0.274. The highest BCUT2D eigenvalue weighted by atomic mass is 19.1. The van der Waals surface area contributed by atoms with Crippen LogP contribution in [-0.2, 0) is 4.79 Å². The van der Waals surface area contributed by atoms with Gasteiger partial charge in [0.15, 0.2) is 0 Å². The summed E-state index contributed by atoms with van der Waals surface area (Å²) in [5.41, 5.74) is 1.22. The zero-order valence-corrected chi connectivity index (χ0v) is 13.0. The summed E-state index contributed by atoms with van der Waals surface area (Å²) in [6.07, 6.45) is 3.07. The maximum atomic E-state index is 13.5. The number of aromatic nitrogens is 3. The first-order valence-electron chi connectivity index (χ1n) is 7.41. The Morgan fingerprint density at radius 1 is 1.04 bits per heavy atom. The lowest BCUT2D eigenvalue weighted by molar-refractivity contribution is -0.115. The Morgan fingerprint density at radius 2 is 1.80 bits per heavy atom. The number of carbonyl (C=O) groups excluding carboxylic acids is 2. The first-order valence-corrected chi connectivity index (χ1v) is 7.41. The quantitative estimate of drug-likeness (QED) is 0.741. The molecule has 0 unspecified atom stereocenters.